The lowest BCUT2D eigenvalue weighted by atomic mass is 10.1. The number of nitrogens with one attached hydrogen (secondary N) is 3. The van der Waals surface area contributed by atoms with E-state index in [9.17, 15) is 5.11 Å². The van der Waals surface area contributed by atoms with Gasteiger partial charge >= 0.3 is 0 Å². The van der Waals surface area contributed by atoms with Crippen LogP contribution in [0.2, 0.25) is 0 Å². The molecule has 0 amide bonds. The minimum Gasteiger partial charge on any atom is -0.389 e. The Kier molecular flexibility index (Phi) is 5.94. The number of nitrogens with zero attached hydrogens (tertiary/aromatic N) is 4. The van der Waals surface area contributed by atoms with Crippen molar-refractivity contribution in [3.8, 4) is 0 Å². The van der Waals surface area contributed by atoms with E-state index in [0.29, 0.717) is 29.8 Å². The second-order valence-corrected chi connectivity index (χ2v) is 6.81. The Bertz CT molecular complexity index is 727. The van der Waals surface area contributed by atoms with Gasteiger partial charge in [-0.05, 0) is 33.6 Å². The molecule has 0 radical (unpaired) electrons. The fraction of sp³-hybridized carbons (Fsp3) is 0.647. The smallest absolute Gasteiger partial charge is 0.225 e. The maximum absolute atomic E-state index is 9.90. The lowest BCUT2D eigenvalue weighted by Gasteiger charge is -2.19. The van der Waals surface area contributed by atoms with Gasteiger partial charge in [0.25, 0.3) is 0 Å². The first-order valence-electron chi connectivity index (χ1n) is 8.76. The Hall–Kier alpha value is -2.22. The molecule has 4 N–H and O–H groups in total. The van der Waals surface area contributed by atoms with E-state index in [1.807, 2.05) is 14.0 Å². The molecule has 0 fully saturated rings. The van der Waals surface area contributed by atoms with Gasteiger partial charge in [-0.25, -0.2) is 15.0 Å². The van der Waals surface area contributed by atoms with Crippen LogP contribution in [0, 0.1) is 0 Å². The zero-order valence-corrected chi connectivity index (χ0v) is 15.9. The number of rotatable bonds is 8. The number of hydrogen-bond acceptors (Lipinski definition) is 8. The number of fused-ring (bicyclic) bond motifs is 1. The van der Waals surface area contributed by atoms with Crippen LogP contribution < -0.4 is 16.0 Å². The van der Waals surface area contributed by atoms with Gasteiger partial charge in [-0.3, -0.25) is 0 Å². The normalized spacial score (nSPS) is 12.9. The van der Waals surface area contributed by atoms with Gasteiger partial charge in [0.15, 0.2) is 5.82 Å². The van der Waals surface area contributed by atoms with Crippen molar-refractivity contribution in [2.75, 3.05) is 29.5 Å². The summed E-state index contributed by atoms with van der Waals surface area (Å²) in [6, 6.07) is 0.279. The third-order valence-electron chi connectivity index (χ3n) is 3.85. The number of aliphatic hydroxyl groups is 1. The molecule has 25 heavy (non-hydrogen) atoms. The predicted octanol–water partition coefficient (Wildman–Crippen LogP) is 2.42. The van der Waals surface area contributed by atoms with E-state index in [1.54, 1.807) is 13.8 Å². The maximum Gasteiger partial charge on any atom is 0.225 e. The quantitative estimate of drug-likeness (QED) is 0.577. The fourth-order valence-electron chi connectivity index (χ4n) is 2.26. The van der Waals surface area contributed by atoms with Crippen LogP contribution in [0.4, 0.5) is 17.7 Å². The summed E-state index contributed by atoms with van der Waals surface area (Å²) < 4.78 is 0. The van der Waals surface area contributed by atoms with Gasteiger partial charge in [-0.15, -0.1) is 0 Å². The van der Waals surface area contributed by atoms with Crippen molar-refractivity contribution in [2.24, 2.45) is 0 Å². The highest BCUT2D eigenvalue weighted by atomic mass is 16.3. The Morgan fingerprint density at radius 3 is 2.28 bits per heavy atom. The molecule has 2 aromatic rings. The van der Waals surface area contributed by atoms with Crippen molar-refractivity contribution in [2.45, 2.75) is 59.1 Å². The van der Waals surface area contributed by atoms with Crippen LogP contribution in [0.3, 0.4) is 0 Å². The fourth-order valence-corrected chi connectivity index (χ4v) is 2.26. The largest absolute Gasteiger partial charge is 0.389 e. The molecule has 2 aromatic heterocycles. The average molecular weight is 347 g/mol. The van der Waals surface area contributed by atoms with E-state index >= 15 is 0 Å². The van der Waals surface area contributed by atoms with Gasteiger partial charge in [-0.2, -0.15) is 4.98 Å². The molecular weight excluding hydrogens is 318 g/mol. The maximum atomic E-state index is 9.90. The zero-order valence-electron chi connectivity index (χ0n) is 15.9. The van der Waals surface area contributed by atoms with Crippen LogP contribution in [-0.2, 0) is 6.42 Å². The monoisotopic (exact) mass is 347 g/mol. The Morgan fingerprint density at radius 2 is 1.72 bits per heavy atom. The minimum absolute atomic E-state index is 0.279. The summed E-state index contributed by atoms with van der Waals surface area (Å²) in [5.41, 5.74) is 1.40. The molecule has 2 rings (SSSR count). The number of hydrogen-bond donors (Lipinski definition) is 4. The first-order valence-corrected chi connectivity index (χ1v) is 8.76. The number of aryl methyl sites for hydroxylation is 1. The summed E-state index contributed by atoms with van der Waals surface area (Å²) in [6.45, 7) is 10.1. The summed E-state index contributed by atoms with van der Waals surface area (Å²) in [7, 11) is 1.81. The van der Waals surface area contributed by atoms with E-state index < -0.39 is 5.60 Å². The molecule has 2 heterocycles. The molecule has 138 valence electrons. The molecular formula is C17H29N7O. The van der Waals surface area contributed by atoms with Crippen LogP contribution in [0.15, 0.2) is 0 Å². The number of aromatic nitrogens is 4. The molecule has 0 unspecified atom stereocenters. The second-order valence-electron chi connectivity index (χ2n) is 6.81. The van der Waals surface area contributed by atoms with E-state index in [0.717, 1.165) is 24.1 Å². The standard InChI is InChI=1S/C17H29N7O/c1-7-10(3)20-16-22-12-11(8-2)21-15(19-9-17(4,5)25)23-13(12)14(18-6)24-16/h10,25H,7-9H2,1-6H3,(H,19,21,23)(H2,18,20,22,24)/t10-/m0/s1. The molecule has 0 aliphatic rings. The Labute approximate surface area is 148 Å². The van der Waals surface area contributed by atoms with Gasteiger partial charge in [0.1, 0.15) is 11.0 Å². The van der Waals surface area contributed by atoms with Gasteiger partial charge in [0.2, 0.25) is 11.9 Å². The molecule has 0 aliphatic heterocycles. The summed E-state index contributed by atoms with van der Waals surface area (Å²) in [5.74, 6) is 1.69. The predicted molar refractivity (Wildman–Crippen MR) is 102 cm³/mol. The van der Waals surface area contributed by atoms with Crippen molar-refractivity contribution in [3.63, 3.8) is 0 Å². The Balaban J connectivity index is 2.50. The van der Waals surface area contributed by atoms with Crippen LogP contribution in [-0.4, -0.2) is 50.3 Å². The van der Waals surface area contributed by atoms with Crippen molar-refractivity contribution >= 4 is 28.7 Å². The highest BCUT2D eigenvalue weighted by Crippen LogP contribution is 2.24. The average Bonchev–Trinajstić information content (AvgIpc) is 2.57. The highest BCUT2D eigenvalue weighted by Gasteiger charge is 2.17. The molecule has 0 aliphatic carbocycles. The van der Waals surface area contributed by atoms with Crippen molar-refractivity contribution in [1.29, 1.82) is 0 Å². The topological polar surface area (TPSA) is 108 Å². The lowest BCUT2D eigenvalue weighted by molar-refractivity contribution is 0.0943. The third-order valence-corrected chi connectivity index (χ3v) is 3.85. The summed E-state index contributed by atoms with van der Waals surface area (Å²) in [4.78, 5) is 18.3. The van der Waals surface area contributed by atoms with Gasteiger partial charge < -0.3 is 21.1 Å². The molecule has 0 saturated carbocycles. The van der Waals surface area contributed by atoms with Crippen LogP contribution in [0.25, 0.3) is 11.0 Å². The number of anilines is 3. The first-order chi connectivity index (χ1) is 11.8. The molecule has 0 saturated heterocycles. The van der Waals surface area contributed by atoms with E-state index in [4.69, 9.17) is 0 Å². The van der Waals surface area contributed by atoms with Crippen molar-refractivity contribution < 1.29 is 5.11 Å². The van der Waals surface area contributed by atoms with Crippen LogP contribution in [0.1, 0.15) is 46.7 Å². The second kappa shape index (κ2) is 7.77. The lowest BCUT2D eigenvalue weighted by Crippen LogP contribution is -2.30. The highest BCUT2D eigenvalue weighted by molar-refractivity contribution is 5.88. The zero-order chi connectivity index (χ0) is 18.6. The molecule has 8 heteroatoms. The van der Waals surface area contributed by atoms with E-state index in [2.05, 4.69) is 49.7 Å². The summed E-state index contributed by atoms with van der Waals surface area (Å²) >= 11 is 0. The molecule has 0 spiro atoms. The van der Waals surface area contributed by atoms with E-state index in [-0.39, 0.29) is 6.04 Å². The van der Waals surface area contributed by atoms with Crippen molar-refractivity contribution in [3.05, 3.63) is 5.69 Å². The molecule has 0 aromatic carbocycles. The van der Waals surface area contributed by atoms with Crippen LogP contribution >= 0.6 is 0 Å². The summed E-state index contributed by atoms with van der Waals surface area (Å²) in [5, 5.41) is 19.4. The van der Waals surface area contributed by atoms with Crippen molar-refractivity contribution in [1.82, 2.24) is 19.9 Å². The summed E-state index contributed by atoms with van der Waals surface area (Å²) in [6.07, 6.45) is 1.70. The SMILES string of the molecule is CCc1nc(NCC(C)(C)O)nc2c(NC)nc(N[C@@H](C)CC)nc12. The molecule has 8 nitrogen and oxygen atoms in total. The Morgan fingerprint density at radius 1 is 1.04 bits per heavy atom. The molecule has 0 bridgehead atoms. The molecule has 1 atom stereocenters. The minimum atomic E-state index is -0.850. The van der Waals surface area contributed by atoms with Gasteiger partial charge in [0, 0.05) is 19.6 Å². The third kappa shape index (κ3) is 4.88. The van der Waals surface area contributed by atoms with Gasteiger partial charge in [-0.1, -0.05) is 13.8 Å². The van der Waals surface area contributed by atoms with Crippen LogP contribution in [0.5, 0.6) is 0 Å². The first kappa shape index (κ1) is 19.1. The van der Waals surface area contributed by atoms with E-state index in [1.165, 1.54) is 0 Å². The van der Waals surface area contributed by atoms with Gasteiger partial charge in [0.05, 0.1) is 11.3 Å².